The second kappa shape index (κ2) is 5.18. The number of rotatable bonds is 3. The van der Waals surface area contributed by atoms with Gasteiger partial charge in [-0.2, -0.15) is 0 Å². The molecule has 0 fully saturated rings. The highest BCUT2D eigenvalue weighted by atomic mass is 16.1. The van der Waals surface area contributed by atoms with Crippen LogP contribution in [0.25, 0.3) is 22.2 Å². The number of para-hydroxylation sites is 2. The number of amides is 1. The quantitative estimate of drug-likeness (QED) is 0.633. The number of carbonyl (C=O) groups is 1. The van der Waals surface area contributed by atoms with Gasteiger partial charge in [0.1, 0.15) is 16.9 Å². The Morgan fingerprint density at radius 2 is 1.95 bits per heavy atom. The number of anilines is 1. The van der Waals surface area contributed by atoms with E-state index in [1.807, 2.05) is 38.1 Å². The third kappa shape index (κ3) is 2.11. The smallest absolute Gasteiger partial charge is 0.257 e. The third-order valence-electron chi connectivity index (χ3n) is 3.75. The molecule has 0 saturated carbocycles. The molecule has 0 aliphatic carbocycles. The standard InChI is InChI=1S/C15H18N6O/c1-3-8(2)18-15(22)11-12-14(21(17)13(11)16)20-10-7-5-4-6-9(10)19-12/h4-8H,3,16-17H2,1-2H3,(H,18,22). The Morgan fingerprint density at radius 1 is 1.32 bits per heavy atom. The molecule has 2 aromatic heterocycles. The summed E-state index contributed by atoms with van der Waals surface area (Å²) in [6.45, 7) is 3.92. The molecule has 3 rings (SSSR count). The van der Waals surface area contributed by atoms with Crippen molar-refractivity contribution in [1.29, 1.82) is 0 Å². The zero-order valence-electron chi connectivity index (χ0n) is 12.5. The summed E-state index contributed by atoms with van der Waals surface area (Å²) >= 11 is 0. The number of hydrogen-bond acceptors (Lipinski definition) is 5. The van der Waals surface area contributed by atoms with Gasteiger partial charge in [-0.15, -0.1) is 0 Å². The molecular weight excluding hydrogens is 280 g/mol. The molecule has 5 N–H and O–H groups in total. The molecule has 1 unspecified atom stereocenters. The van der Waals surface area contributed by atoms with Crippen LogP contribution in [0.5, 0.6) is 0 Å². The number of hydrogen-bond donors (Lipinski definition) is 3. The molecule has 1 atom stereocenters. The van der Waals surface area contributed by atoms with Gasteiger partial charge in [0, 0.05) is 6.04 Å². The van der Waals surface area contributed by atoms with E-state index < -0.39 is 0 Å². The second-order valence-electron chi connectivity index (χ2n) is 5.30. The Labute approximate surface area is 127 Å². The molecular formula is C15H18N6O. The van der Waals surface area contributed by atoms with Crippen LogP contribution in [0, 0.1) is 0 Å². The highest BCUT2D eigenvalue weighted by Gasteiger charge is 2.23. The number of aromatic nitrogens is 3. The van der Waals surface area contributed by atoms with Crippen molar-refractivity contribution in [2.24, 2.45) is 0 Å². The van der Waals surface area contributed by atoms with Crippen molar-refractivity contribution < 1.29 is 4.79 Å². The lowest BCUT2D eigenvalue weighted by molar-refractivity contribution is 0.0941. The summed E-state index contributed by atoms with van der Waals surface area (Å²) < 4.78 is 1.21. The summed E-state index contributed by atoms with van der Waals surface area (Å²) in [5, 5.41) is 2.88. The van der Waals surface area contributed by atoms with Crippen LogP contribution in [0.3, 0.4) is 0 Å². The topological polar surface area (TPSA) is 112 Å². The number of nitrogens with one attached hydrogen (secondary N) is 1. The predicted molar refractivity (Wildman–Crippen MR) is 86.8 cm³/mol. The van der Waals surface area contributed by atoms with Gasteiger partial charge in [-0.1, -0.05) is 19.1 Å². The van der Waals surface area contributed by atoms with Crippen molar-refractivity contribution in [3.8, 4) is 0 Å². The van der Waals surface area contributed by atoms with Gasteiger partial charge >= 0.3 is 0 Å². The average molecular weight is 298 g/mol. The largest absolute Gasteiger partial charge is 0.383 e. The van der Waals surface area contributed by atoms with Crippen LogP contribution in [0.2, 0.25) is 0 Å². The molecule has 7 heteroatoms. The van der Waals surface area contributed by atoms with E-state index in [1.165, 1.54) is 4.68 Å². The van der Waals surface area contributed by atoms with Gasteiger partial charge in [0.05, 0.1) is 11.0 Å². The number of benzene rings is 1. The molecule has 3 aromatic rings. The Bertz CT molecular complexity index is 869. The van der Waals surface area contributed by atoms with Crippen molar-refractivity contribution in [1.82, 2.24) is 20.0 Å². The average Bonchev–Trinajstić information content (AvgIpc) is 2.76. The summed E-state index contributed by atoms with van der Waals surface area (Å²) in [6.07, 6.45) is 0.821. The minimum absolute atomic E-state index is 0.0384. The van der Waals surface area contributed by atoms with E-state index in [0.29, 0.717) is 22.2 Å². The number of nitrogens with zero attached hydrogens (tertiary/aromatic N) is 3. The van der Waals surface area contributed by atoms with Crippen LogP contribution in [0.1, 0.15) is 30.6 Å². The highest BCUT2D eigenvalue weighted by molar-refractivity contribution is 6.10. The maximum absolute atomic E-state index is 12.5. The Balaban J connectivity index is 2.23. The fourth-order valence-corrected chi connectivity index (χ4v) is 2.30. The number of carbonyl (C=O) groups excluding carboxylic acids is 1. The molecule has 0 aliphatic heterocycles. The van der Waals surface area contributed by atoms with E-state index >= 15 is 0 Å². The predicted octanol–water partition coefficient (Wildman–Crippen LogP) is 1.41. The van der Waals surface area contributed by atoms with Gasteiger partial charge in [-0.25, -0.2) is 14.6 Å². The number of nitrogens with two attached hydrogens (primary N) is 2. The van der Waals surface area contributed by atoms with E-state index in [4.69, 9.17) is 11.6 Å². The SMILES string of the molecule is CCC(C)NC(=O)c1c(N)n(N)c2nc3ccccc3nc12. The molecule has 0 radical (unpaired) electrons. The van der Waals surface area contributed by atoms with Gasteiger partial charge in [-0.05, 0) is 25.5 Å². The molecule has 0 saturated heterocycles. The van der Waals surface area contributed by atoms with Crippen LogP contribution >= 0.6 is 0 Å². The second-order valence-corrected chi connectivity index (χ2v) is 5.30. The minimum atomic E-state index is -0.286. The molecule has 0 spiro atoms. The molecule has 0 aliphatic rings. The minimum Gasteiger partial charge on any atom is -0.383 e. The van der Waals surface area contributed by atoms with Crippen molar-refractivity contribution in [2.45, 2.75) is 26.3 Å². The first-order valence-corrected chi connectivity index (χ1v) is 7.15. The lowest BCUT2D eigenvalue weighted by Crippen LogP contribution is -2.32. The molecule has 22 heavy (non-hydrogen) atoms. The summed E-state index contributed by atoms with van der Waals surface area (Å²) in [4.78, 5) is 21.4. The highest BCUT2D eigenvalue weighted by Crippen LogP contribution is 2.25. The number of fused-ring (bicyclic) bond motifs is 2. The maximum Gasteiger partial charge on any atom is 0.257 e. The zero-order chi connectivity index (χ0) is 15.9. The lowest BCUT2D eigenvalue weighted by Gasteiger charge is -2.11. The van der Waals surface area contributed by atoms with Crippen LogP contribution in [-0.2, 0) is 0 Å². The lowest BCUT2D eigenvalue weighted by atomic mass is 10.2. The normalized spacial score (nSPS) is 12.6. The van der Waals surface area contributed by atoms with Gasteiger partial charge in [0.2, 0.25) is 0 Å². The van der Waals surface area contributed by atoms with Crippen molar-refractivity contribution >= 4 is 33.9 Å². The van der Waals surface area contributed by atoms with Gasteiger partial charge in [0.15, 0.2) is 5.65 Å². The van der Waals surface area contributed by atoms with E-state index in [0.717, 1.165) is 6.42 Å². The summed E-state index contributed by atoms with van der Waals surface area (Å²) in [5.41, 5.74) is 8.47. The molecule has 7 nitrogen and oxygen atoms in total. The first kappa shape index (κ1) is 14.1. The Kier molecular flexibility index (Phi) is 3.32. The van der Waals surface area contributed by atoms with E-state index in [1.54, 1.807) is 0 Å². The van der Waals surface area contributed by atoms with Crippen molar-refractivity contribution in [3.05, 3.63) is 29.8 Å². The molecule has 114 valence electrons. The van der Waals surface area contributed by atoms with Crippen LogP contribution in [0.15, 0.2) is 24.3 Å². The van der Waals surface area contributed by atoms with Gasteiger partial charge in [0.25, 0.3) is 5.91 Å². The van der Waals surface area contributed by atoms with Crippen LogP contribution < -0.4 is 16.9 Å². The first-order valence-electron chi connectivity index (χ1n) is 7.15. The molecule has 0 bridgehead atoms. The van der Waals surface area contributed by atoms with Crippen LogP contribution in [-0.4, -0.2) is 26.6 Å². The fraction of sp³-hybridized carbons (Fsp3) is 0.267. The van der Waals surface area contributed by atoms with Crippen molar-refractivity contribution in [3.63, 3.8) is 0 Å². The summed E-state index contributed by atoms with van der Waals surface area (Å²) in [7, 11) is 0. The Morgan fingerprint density at radius 3 is 2.59 bits per heavy atom. The van der Waals surface area contributed by atoms with E-state index in [9.17, 15) is 4.79 Å². The molecule has 1 amide bonds. The Hall–Kier alpha value is -2.83. The van der Waals surface area contributed by atoms with Crippen molar-refractivity contribution in [2.75, 3.05) is 11.6 Å². The zero-order valence-corrected chi connectivity index (χ0v) is 12.5. The number of nitrogen functional groups attached to an aromatic ring is 2. The van der Waals surface area contributed by atoms with E-state index in [2.05, 4.69) is 15.3 Å². The first-order chi connectivity index (χ1) is 10.5. The maximum atomic E-state index is 12.5. The van der Waals surface area contributed by atoms with E-state index in [-0.39, 0.29) is 23.3 Å². The summed E-state index contributed by atoms with van der Waals surface area (Å²) in [5.74, 6) is 5.81. The third-order valence-corrected chi connectivity index (χ3v) is 3.75. The van der Waals surface area contributed by atoms with Crippen LogP contribution in [0.4, 0.5) is 5.82 Å². The monoisotopic (exact) mass is 298 g/mol. The molecule has 1 aromatic carbocycles. The molecule has 2 heterocycles. The fourth-order valence-electron chi connectivity index (χ4n) is 2.30. The van der Waals surface area contributed by atoms with Gasteiger partial charge in [-0.3, -0.25) is 4.79 Å². The summed E-state index contributed by atoms with van der Waals surface area (Å²) in [6, 6.07) is 7.44. The van der Waals surface area contributed by atoms with Gasteiger partial charge < -0.3 is 16.9 Å².